The molecule has 1 saturated heterocycles. The zero-order valence-electron chi connectivity index (χ0n) is 11.6. The van der Waals surface area contributed by atoms with Crippen molar-refractivity contribution in [1.82, 2.24) is 10.3 Å². The molecule has 1 aliphatic rings. The molecule has 0 amide bonds. The molecule has 0 bridgehead atoms. The van der Waals surface area contributed by atoms with E-state index in [-0.39, 0.29) is 5.78 Å². The highest BCUT2D eigenvalue weighted by atomic mass is 16.1. The smallest absolute Gasteiger partial charge is 0.163 e. The molecule has 2 heterocycles. The highest BCUT2D eigenvalue weighted by Gasteiger charge is 2.16. The highest BCUT2D eigenvalue weighted by molar-refractivity contribution is 6.07. The molecule has 1 atom stereocenters. The van der Waals surface area contributed by atoms with Gasteiger partial charge in [0.2, 0.25) is 0 Å². The van der Waals surface area contributed by atoms with Crippen molar-refractivity contribution >= 4 is 16.6 Å². The van der Waals surface area contributed by atoms with E-state index in [1.54, 1.807) is 6.20 Å². The number of rotatable bonds is 4. The molecule has 20 heavy (non-hydrogen) atoms. The summed E-state index contributed by atoms with van der Waals surface area (Å²) in [6.07, 6.45) is 7.70. The fourth-order valence-electron chi connectivity index (χ4n) is 3.01. The lowest BCUT2D eigenvalue weighted by molar-refractivity contribution is 0.0973. The summed E-state index contributed by atoms with van der Waals surface area (Å²) in [4.78, 5) is 16.6. The Labute approximate surface area is 119 Å². The monoisotopic (exact) mass is 268 g/mol. The van der Waals surface area contributed by atoms with Gasteiger partial charge in [-0.15, -0.1) is 0 Å². The van der Waals surface area contributed by atoms with Crippen molar-refractivity contribution in [1.29, 1.82) is 0 Å². The van der Waals surface area contributed by atoms with Crippen LogP contribution in [-0.4, -0.2) is 23.9 Å². The summed E-state index contributed by atoms with van der Waals surface area (Å²) in [7, 11) is 0. The first-order chi connectivity index (χ1) is 9.84. The van der Waals surface area contributed by atoms with Crippen LogP contribution in [0.25, 0.3) is 10.8 Å². The van der Waals surface area contributed by atoms with Crippen LogP contribution in [0.5, 0.6) is 0 Å². The zero-order valence-corrected chi connectivity index (χ0v) is 11.6. The van der Waals surface area contributed by atoms with E-state index in [0.717, 1.165) is 35.8 Å². The van der Waals surface area contributed by atoms with Crippen molar-refractivity contribution in [3.8, 4) is 0 Å². The van der Waals surface area contributed by atoms with E-state index >= 15 is 0 Å². The molecule has 1 fully saturated rings. The number of carbonyl (C=O) groups is 1. The fraction of sp³-hybridized carbons (Fsp3) is 0.412. The third kappa shape index (κ3) is 2.88. The first-order valence-electron chi connectivity index (χ1n) is 7.41. The summed E-state index contributed by atoms with van der Waals surface area (Å²) in [5.74, 6) is 0.914. The van der Waals surface area contributed by atoms with Crippen LogP contribution in [0.15, 0.2) is 36.7 Å². The number of piperidine rings is 1. The number of aromatic nitrogens is 1. The fourth-order valence-corrected chi connectivity index (χ4v) is 3.01. The molecule has 3 heteroatoms. The minimum atomic E-state index is 0.257. The van der Waals surface area contributed by atoms with Crippen molar-refractivity contribution < 1.29 is 4.79 Å². The zero-order chi connectivity index (χ0) is 13.8. The Morgan fingerprint density at radius 2 is 2.30 bits per heavy atom. The van der Waals surface area contributed by atoms with Crippen molar-refractivity contribution in [3.05, 3.63) is 42.2 Å². The van der Waals surface area contributed by atoms with Gasteiger partial charge >= 0.3 is 0 Å². The lowest BCUT2D eigenvalue weighted by Crippen LogP contribution is -2.30. The SMILES string of the molecule is O=C(CCC1CCCNC1)c1cccc2cnccc12. The van der Waals surface area contributed by atoms with Crippen LogP contribution < -0.4 is 5.32 Å². The summed E-state index contributed by atoms with van der Waals surface area (Å²) < 4.78 is 0. The number of ketones is 1. The summed E-state index contributed by atoms with van der Waals surface area (Å²) in [6, 6.07) is 7.82. The molecule has 0 radical (unpaired) electrons. The van der Waals surface area contributed by atoms with Crippen LogP contribution in [0.4, 0.5) is 0 Å². The third-order valence-corrected chi connectivity index (χ3v) is 4.16. The van der Waals surface area contributed by atoms with Gasteiger partial charge in [-0.2, -0.15) is 0 Å². The molecule has 1 aromatic heterocycles. The molecule has 1 unspecified atom stereocenters. The van der Waals surface area contributed by atoms with Crippen LogP contribution in [0.2, 0.25) is 0 Å². The van der Waals surface area contributed by atoms with E-state index < -0.39 is 0 Å². The second-order valence-electron chi connectivity index (χ2n) is 5.58. The lowest BCUT2D eigenvalue weighted by atomic mass is 9.91. The Morgan fingerprint density at radius 1 is 1.35 bits per heavy atom. The van der Waals surface area contributed by atoms with Crippen molar-refractivity contribution in [2.75, 3.05) is 13.1 Å². The number of hydrogen-bond acceptors (Lipinski definition) is 3. The third-order valence-electron chi connectivity index (χ3n) is 4.16. The Hall–Kier alpha value is -1.74. The first kappa shape index (κ1) is 13.3. The van der Waals surface area contributed by atoms with Gasteiger partial charge in [0.05, 0.1) is 0 Å². The highest BCUT2D eigenvalue weighted by Crippen LogP contribution is 2.22. The van der Waals surface area contributed by atoms with Crippen LogP contribution >= 0.6 is 0 Å². The molecule has 1 aromatic carbocycles. The van der Waals surface area contributed by atoms with Gasteiger partial charge in [0.15, 0.2) is 5.78 Å². The van der Waals surface area contributed by atoms with Crippen LogP contribution in [0.3, 0.4) is 0 Å². The molecule has 0 aliphatic carbocycles. The number of fused-ring (bicyclic) bond motifs is 1. The number of nitrogens with one attached hydrogen (secondary N) is 1. The Balaban J connectivity index is 1.72. The van der Waals surface area contributed by atoms with E-state index in [1.165, 1.54) is 12.8 Å². The first-order valence-corrected chi connectivity index (χ1v) is 7.41. The van der Waals surface area contributed by atoms with Gasteiger partial charge in [-0.1, -0.05) is 18.2 Å². The molecule has 0 saturated carbocycles. The molecule has 104 valence electrons. The minimum absolute atomic E-state index is 0.257. The Morgan fingerprint density at radius 3 is 3.15 bits per heavy atom. The van der Waals surface area contributed by atoms with Crippen LogP contribution in [0.1, 0.15) is 36.0 Å². The van der Waals surface area contributed by atoms with E-state index in [0.29, 0.717) is 12.3 Å². The molecule has 1 aliphatic heterocycles. The number of benzene rings is 1. The second-order valence-corrected chi connectivity index (χ2v) is 5.58. The minimum Gasteiger partial charge on any atom is -0.316 e. The number of carbonyl (C=O) groups excluding carboxylic acids is 1. The topological polar surface area (TPSA) is 42.0 Å². The molecule has 3 rings (SSSR count). The molecule has 1 N–H and O–H groups in total. The average Bonchev–Trinajstić information content (AvgIpc) is 2.53. The van der Waals surface area contributed by atoms with Crippen LogP contribution in [-0.2, 0) is 0 Å². The van der Waals surface area contributed by atoms with Gasteiger partial charge in [0.1, 0.15) is 0 Å². The van der Waals surface area contributed by atoms with Gasteiger partial charge in [0.25, 0.3) is 0 Å². The molecular formula is C17H20N2O. The van der Waals surface area contributed by atoms with Crippen LogP contribution in [0, 0.1) is 5.92 Å². The summed E-state index contributed by atoms with van der Waals surface area (Å²) >= 11 is 0. The predicted molar refractivity (Wildman–Crippen MR) is 80.9 cm³/mol. The summed E-state index contributed by atoms with van der Waals surface area (Å²) in [5, 5.41) is 5.47. The van der Waals surface area contributed by atoms with E-state index in [9.17, 15) is 4.79 Å². The molecule has 3 nitrogen and oxygen atoms in total. The van der Waals surface area contributed by atoms with E-state index in [4.69, 9.17) is 0 Å². The standard InChI is InChI=1S/C17H20N2O/c20-17(7-6-13-3-2-9-18-11-13)16-5-1-4-14-12-19-10-8-15(14)16/h1,4-5,8,10,12-13,18H,2-3,6-7,9,11H2. The summed E-state index contributed by atoms with van der Waals surface area (Å²) in [5.41, 5.74) is 0.841. The quantitative estimate of drug-likeness (QED) is 0.866. The van der Waals surface area contributed by atoms with Gasteiger partial charge in [-0.05, 0) is 49.7 Å². The van der Waals surface area contributed by atoms with E-state index in [2.05, 4.69) is 10.3 Å². The molecular weight excluding hydrogens is 248 g/mol. The maximum atomic E-state index is 12.5. The maximum absolute atomic E-state index is 12.5. The van der Waals surface area contributed by atoms with E-state index in [1.807, 2.05) is 30.5 Å². The summed E-state index contributed by atoms with van der Waals surface area (Å²) in [6.45, 7) is 2.19. The lowest BCUT2D eigenvalue weighted by Gasteiger charge is -2.22. The average molecular weight is 268 g/mol. The van der Waals surface area contributed by atoms with Gasteiger partial charge in [-0.25, -0.2) is 0 Å². The maximum Gasteiger partial charge on any atom is 0.163 e. The Bertz CT molecular complexity index is 597. The largest absolute Gasteiger partial charge is 0.316 e. The number of nitrogens with zero attached hydrogens (tertiary/aromatic N) is 1. The van der Waals surface area contributed by atoms with Crippen molar-refractivity contribution in [2.45, 2.75) is 25.7 Å². The Kier molecular flexibility index (Phi) is 4.07. The number of Topliss-reactive ketones (excluding diaryl/α,β-unsaturated/α-hetero) is 1. The second kappa shape index (κ2) is 6.14. The number of hydrogen-bond donors (Lipinski definition) is 1. The number of pyridine rings is 1. The predicted octanol–water partition coefficient (Wildman–Crippen LogP) is 3.20. The van der Waals surface area contributed by atoms with Gasteiger partial charge in [0, 0.05) is 29.8 Å². The molecule has 0 spiro atoms. The van der Waals surface area contributed by atoms with Crippen molar-refractivity contribution in [3.63, 3.8) is 0 Å². The normalized spacial score (nSPS) is 19.1. The van der Waals surface area contributed by atoms with Gasteiger partial charge in [-0.3, -0.25) is 9.78 Å². The molecule has 2 aromatic rings. The van der Waals surface area contributed by atoms with Gasteiger partial charge < -0.3 is 5.32 Å². The van der Waals surface area contributed by atoms with Crippen molar-refractivity contribution in [2.24, 2.45) is 5.92 Å².